The maximum absolute atomic E-state index is 12.6. The summed E-state index contributed by atoms with van der Waals surface area (Å²) in [6, 6.07) is 0. The molecule has 0 amide bonds. The molecule has 0 aliphatic carbocycles. The van der Waals surface area contributed by atoms with Crippen LogP contribution in [0.25, 0.3) is 0 Å². The lowest BCUT2D eigenvalue weighted by atomic mass is 9.80. The minimum absolute atomic E-state index is 0.256. The minimum atomic E-state index is -0.576. The first-order valence-corrected chi connectivity index (χ1v) is 8.34. The van der Waals surface area contributed by atoms with E-state index in [-0.39, 0.29) is 13.2 Å². The topological polar surface area (TPSA) is 82.5 Å². The third-order valence-electron chi connectivity index (χ3n) is 4.11. The fraction of sp³-hybridized carbons (Fsp3) is 0.500. The Morgan fingerprint density at radius 2 is 1.56 bits per heavy atom. The van der Waals surface area contributed by atoms with Crippen LogP contribution in [0.1, 0.15) is 44.9 Å². The summed E-state index contributed by atoms with van der Waals surface area (Å²) in [6.45, 7) is 9.47. The first-order valence-electron chi connectivity index (χ1n) is 8.34. The van der Waals surface area contributed by atoms with Crippen LogP contribution in [0.15, 0.2) is 28.7 Å². The SMILES string of the molecule is CCOC(=O)C1=C(C)NC(C)=C(C(=O)OCC)C1c1cn(C)nc1C. The van der Waals surface area contributed by atoms with Gasteiger partial charge in [-0.3, -0.25) is 4.68 Å². The van der Waals surface area contributed by atoms with Gasteiger partial charge in [0.1, 0.15) is 0 Å². The number of ether oxygens (including phenoxy) is 2. The fourth-order valence-electron chi connectivity index (χ4n) is 3.17. The average Bonchev–Trinajstić information content (AvgIpc) is 2.85. The molecule has 7 nitrogen and oxygen atoms in total. The van der Waals surface area contributed by atoms with Crippen LogP contribution in [0, 0.1) is 6.92 Å². The van der Waals surface area contributed by atoms with Gasteiger partial charge in [-0.2, -0.15) is 5.10 Å². The Bertz CT molecular complexity index is 718. The monoisotopic (exact) mass is 347 g/mol. The van der Waals surface area contributed by atoms with Crippen LogP contribution in [0.5, 0.6) is 0 Å². The summed E-state index contributed by atoms with van der Waals surface area (Å²) in [6.07, 6.45) is 1.82. The number of rotatable bonds is 5. The van der Waals surface area contributed by atoms with Crippen LogP contribution in [-0.2, 0) is 26.1 Å². The van der Waals surface area contributed by atoms with E-state index in [1.54, 1.807) is 39.4 Å². The number of nitrogens with zero attached hydrogens (tertiary/aromatic N) is 2. The van der Waals surface area contributed by atoms with Gasteiger partial charge in [0.25, 0.3) is 0 Å². The third kappa shape index (κ3) is 3.60. The van der Waals surface area contributed by atoms with Gasteiger partial charge >= 0.3 is 11.9 Å². The van der Waals surface area contributed by atoms with Crippen molar-refractivity contribution in [3.8, 4) is 0 Å². The number of esters is 2. The molecule has 2 rings (SSSR count). The second-order valence-electron chi connectivity index (χ2n) is 5.92. The standard InChI is InChI=1S/C18H25N3O4/c1-7-24-17(22)14-11(4)19-12(5)15(18(23)25-8-2)16(14)13-9-21(6)20-10(13)3/h9,16,19H,7-8H2,1-6H3. The molecule has 136 valence electrons. The van der Waals surface area contributed by atoms with Gasteiger partial charge in [0, 0.05) is 30.2 Å². The minimum Gasteiger partial charge on any atom is -0.463 e. The number of carbonyl (C=O) groups excluding carboxylic acids is 2. The summed E-state index contributed by atoms with van der Waals surface area (Å²) in [7, 11) is 1.80. The second kappa shape index (κ2) is 7.55. The Labute approximate surface area is 147 Å². The Morgan fingerprint density at radius 1 is 1.08 bits per heavy atom. The van der Waals surface area contributed by atoms with E-state index in [1.165, 1.54) is 0 Å². The number of carbonyl (C=O) groups is 2. The summed E-state index contributed by atoms with van der Waals surface area (Å²) in [5, 5.41) is 7.48. The second-order valence-corrected chi connectivity index (χ2v) is 5.92. The highest BCUT2D eigenvalue weighted by Gasteiger charge is 2.39. The lowest BCUT2D eigenvalue weighted by Gasteiger charge is -2.30. The molecule has 7 heteroatoms. The number of hydrogen-bond acceptors (Lipinski definition) is 6. The Kier molecular flexibility index (Phi) is 5.66. The Balaban J connectivity index is 2.66. The van der Waals surface area contributed by atoms with Crippen molar-refractivity contribution in [2.75, 3.05) is 13.2 Å². The molecule has 0 spiro atoms. The van der Waals surface area contributed by atoms with Crippen molar-refractivity contribution in [1.82, 2.24) is 15.1 Å². The number of aromatic nitrogens is 2. The Morgan fingerprint density at radius 3 is 1.92 bits per heavy atom. The van der Waals surface area contributed by atoms with Crippen molar-refractivity contribution in [2.24, 2.45) is 7.05 Å². The van der Waals surface area contributed by atoms with Crippen LogP contribution >= 0.6 is 0 Å². The molecule has 1 aromatic heterocycles. The van der Waals surface area contributed by atoms with Crippen LogP contribution in [0.3, 0.4) is 0 Å². The first kappa shape index (κ1) is 18.8. The van der Waals surface area contributed by atoms with E-state index in [0.717, 1.165) is 11.3 Å². The zero-order valence-electron chi connectivity index (χ0n) is 15.6. The number of allylic oxidation sites excluding steroid dienone is 2. The maximum atomic E-state index is 12.6. The number of aryl methyl sites for hydroxylation is 2. The van der Waals surface area contributed by atoms with Gasteiger partial charge in [-0.1, -0.05) is 0 Å². The molecule has 0 atom stereocenters. The van der Waals surface area contributed by atoms with Crippen molar-refractivity contribution in [3.05, 3.63) is 40.0 Å². The highest BCUT2D eigenvalue weighted by atomic mass is 16.5. The molecule has 1 N–H and O–H groups in total. The molecular weight excluding hydrogens is 322 g/mol. The molecule has 0 saturated heterocycles. The van der Waals surface area contributed by atoms with Crippen molar-refractivity contribution < 1.29 is 19.1 Å². The molecule has 0 fully saturated rings. The van der Waals surface area contributed by atoms with Gasteiger partial charge in [0.2, 0.25) is 0 Å². The van der Waals surface area contributed by atoms with E-state index in [0.29, 0.717) is 22.5 Å². The largest absolute Gasteiger partial charge is 0.463 e. The van der Waals surface area contributed by atoms with E-state index in [2.05, 4.69) is 10.4 Å². The van der Waals surface area contributed by atoms with E-state index in [4.69, 9.17) is 9.47 Å². The molecule has 0 unspecified atom stereocenters. The van der Waals surface area contributed by atoms with Gasteiger partial charge in [-0.05, 0) is 34.6 Å². The molecule has 0 radical (unpaired) electrons. The van der Waals surface area contributed by atoms with Gasteiger partial charge in [0.15, 0.2) is 0 Å². The molecule has 1 aliphatic rings. The van der Waals surface area contributed by atoms with Crippen molar-refractivity contribution in [1.29, 1.82) is 0 Å². The van der Waals surface area contributed by atoms with Crippen LogP contribution in [0.4, 0.5) is 0 Å². The molecular formula is C18H25N3O4. The fourth-order valence-corrected chi connectivity index (χ4v) is 3.17. The van der Waals surface area contributed by atoms with Gasteiger partial charge in [0.05, 0.1) is 36.0 Å². The van der Waals surface area contributed by atoms with E-state index in [9.17, 15) is 9.59 Å². The summed E-state index contributed by atoms with van der Waals surface area (Å²) in [5.41, 5.74) is 3.68. The Hall–Kier alpha value is -2.57. The maximum Gasteiger partial charge on any atom is 0.336 e. The molecule has 25 heavy (non-hydrogen) atoms. The van der Waals surface area contributed by atoms with E-state index >= 15 is 0 Å². The predicted octanol–water partition coefficient (Wildman–Crippen LogP) is 2.09. The smallest absolute Gasteiger partial charge is 0.336 e. The molecule has 1 aliphatic heterocycles. The summed E-state index contributed by atoms with van der Waals surface area (Å²) in [4.78, 5) is 25.2. The lowest BCUT2D eigenvalue weighted by Crippen LogP contribution is -2.32. The quantitative estimate of drug-likeness (QED) is 0.821. The zero-order chi connectivity index (χ0) is 18.7. The summed E-state index contributed by atoms with van der Waals surface area (Å²) < 4.78 is 12.1. The number of dihydropyridines is 1. The molecule has 0 saturated carbocycles. The average molecular weight is 347 g/mol. The highest BCUT2D eigenvalue weighted by Crippen LogP contribution is 2.40. The number of nitrogens with one attached hydrogen (secondary N) is 1. The van der Waals surface area contributed by atoms with Crippen molar-refractivity contribution >= 4 is 11.9 Å². The van der Waals surface area contributed by atoms with Crippen molar-refractivity contribution in [2.45, 2.75) is 40.5 Å². The lowest BCUT2D eigenvalue weighted by molar-refractivity contribution is -0.139. The molecule has 1 aromatic rings. The van der Waals surface area contributed by atoms with Gasteiger partial charge < -0.3 is 14.8 Å². The summed E-state index contributed by atoms with van der Waals surface area (Å²) in [5.74, 6) is -1.47. The van der Waals surface area contributed by atoms with E-state index < -0.39 is 17.9 Å². The van der Waals surface area contributed by atoms with Gasteiger partial charge in [-0.25, -0.2) is 9.59 Å². The first-order chi connectivity index (χ1) is 11.8. The van der Waals surface area contributed by atoms with Crippen LogP contribution < -0.4 is 5.32 Å². The predicted molar refractivity (Wildman–Crippen MR) is 92.5 cm³/mol. The molecule has 0 bridgehead atoms. The normalized spacial score (nSPS) is 15.3. The van der Waals surface area contributed by atoms with Crippen LogP contribution in [-0.4, -0.2) is 34.9 Å². The molecule has 0 aromatic carbocycles. The highest BCUT2D eigenvalue weighted by molar-refractivity contribution is 5.99. The van der Waals surface area contributed by atoms with E-state index in [1.807, 2.05) is 13.1 Å². The van der Waals surface area contributed by atoms with Crippen molar-refractivity contribution in [3.63, 3.8) is 0 Å². The number of hydrogen-bond donors (Lipinski definition) is 1. The molecule has 2 heterocycles. The van der Waals surface area contributed by atoms with Crippen LogP contribution in [0.2, 0.25) is 0 Å². The summed E-state index contributed by atoms with van der Waals surface area (Å²) >= 11 is 0. The van der Waals surface area contributed by atoms with Gasteiger partial charge in [-0.15, -0.1) is 0 Å². The zero-order valence-corrected chi connectivity index (χ0v) is 15.6. The third-order valence-corrected chi connectivity index (χ3v) is 4.11.